The highest BCUT2D eigenvalue weighted by molar-refractivity contribution is 7.89. The summed E-state index contributed by atoms with van der Waals surface area (Å²) in [4.78, 5) is 16.6. The number of carbonyl (C=O) groups is 1. The second-order valence-electron chi connectivity index (χ2n) is 8.09. The Bertz CT molecular complexity index is 1060. The number of rotatable bonds is 6. The molecule has 7 nitrogen and oxygen atoms in total. The molecule has 2 heterocycles. The van der Waals surface area contributed by atoms with Crippen molar-refractivity contribution >= 4 is 33.2 Å². The van der Waals surface area contributed by atoms with Gasteiger partial charge in [-0.05, 0) is 36.8 Å². The largest absolute Gasteiger partial charge is 0.381 e. The summed E-state index contributed by atoms with van der Waals surface area (Å²) in [5, 5.41) is 3.27. The maximum absolute atomic E-state index is 13.4. The molecule has 1 atom stereocenters. The molecule has 2 aromatic carbocycles. The predicted molar refractivity (Wildman–Crippen MR) is 122 cm³/mol. The fourth-order valence-electron chi connectivity index (χ4n) is 4.12. The lowest BCUT2D eigenvalue weighted by Crippen LogP contribution is -2.52. The van der Waals surface area contributed by atoms with E-state index in [4.69, 9.17) is 11.6 Å². The molecular formula is C22H26ClFN4O3S. The van der Waals surface area contributed by atoms with E-state index in [2.05, 4.69) is 10.2 Å². The number of sulfonamides is 1. The van der Waals surface area contributed by atoms with Gasteiger partial charge in [-0.3, -0.25) is 9.69 Å². The quantitative estimate of drug-likeness (QED) is 0.687. The van der Waals surface area contributed by atoms with E-state index in [1.165, 1.54) is 10.4 Å². The number of nitrogens with one attached hydrogen (secondary N) is 1. The number of halogens is 2. The van der Waals surface area contributed by atoms with Crippen molar-refractivity contribution in [1.82, 2.24) is 14.1 Å². The Balaban J connectivity index is 1.27. The Morgan fingerprint density at radius 2 is 1.78 bits per heavy atom. The van der Waals surface area contributed by atoms with E-state index in [-0.39, 0.29) is 28.9 Å². The highest BCUT2D eigenvalue weighted by Crippen LogP contribution is 2.23. The number of nitrogens with zero attached hydrogens (tertiary/aromatic N) is 3. The third-order valence-electron chi connectivity index (χ3n) is 5.90. The Morgan fingerprint density at radius 1 is 1.06 bits per heavy atom. The smallest absolute Gasteiger partial charge is 0.243 e. The van der Waals surface area contributed by atoms with Crippen LogP contribution in [0.3, 0.4) is 0 Å². The maximum atomic E-state index is 13.4. The second kappa shape index (κ2) is 9.74. The summed E-state index contributed by atoms with van der Waals surface area (Å²) < 4.78 is 40.3. The van der Waals surface area contributed by atoms with Crippen molar-refractivity contribution in [2.24, 2.45) is 0 Å². The molecule has 0 radical (unpaired) electrons. The zero-order valence-electron chi connectivity index (χ0n) is 17.6. The van der Waals surface area contributed by atoms with Gasteiger partial charge in [0.2, 0.25) is 15.9 Å². The molecule has 1 unspecified atom stereocenters. The van der Waals surface area contributed by atoms with Crippen LogP contribution in [0.4, 0.5) is 10.1 Å². The van der Waals surface area contributed by atoms with Crippen LogP contribution in [-0.2, 0) is 14.8 Å². The molecule has 2 saturated heterocycles. The highest BCUT2D eigenvalue weighted by atomic mass is 35.5. The van der Waals surface area contributed by atoms with Crippen LogP contribution < -0.4 is 5.32 Å². The molecule has 4 rings (SSSR count). The van der Waals surface area contributed by atoms with Crippen LogP contribution in [0, 0.1) is 5.82 Å². The first-order valence-electron chi connectivity index (χ1n) is 10.6. The Hall–Kier alpha value is -2.20. The monoisotopic (exact) mass is 480 g/mol. The zero-order chi connectivity index (χ0) is 22.7. The Labute approximate surface area is 192 Å². The average Bonchev–Trinajstić information content (AvgIpc) is 3.23. The summed E-state index contributed by atoms with van der Waals surface area (Å²) in [6, 6.07) is 13.7. The molecule has 2 aliphatic rings. The summed E-state index contributed by atoms with van der Waals surface area (Å²) in [6.45, 7) is 3.01. The van der Waals surface area contributed by atoms with Crippen LogP contribution in [0.2, 0.25) is 5.02 Å². The minimum Gasteiger partial charge on any atom is -0.381 e. The third-order valence-corrected chi connectivity index (χ3v) is 8.08. The number of piperazine rings is 1. The van der Waals surface area contributed by atoms with Crippen molar-refractivity contribution in [1.29, 1.82) is 0 Å². The summed E-state index contributed by atoms with van der Waals surface area (Å²) in [6.07, 6.45) is 0.967. The summed E-state index contributed by atoms with van der Waals surface area (Å²) in [7, 11) is -3.78. The van der Waals surface area contributed by atoms with Crippen LogP contribution in [0.5, 0.6) is 0 Å². The van der Waals surface area contributed by atoms with Gasteiger partial charge in [0, 0.05) is 51.0 Å². The summed E-state index contributed by atoms with van der Waals surface area (Å²) >= 11 is 5.74. The Kier molecular flexibility index (Phi) is 6.99. The van der Waals surface area contributed by atoms with Crippen molar-refractivity contribution in [3.8, 4) is 0 Å². The van der Waals surface area contributed by atoms with Crippen LogP contribution in [0.15, 0.2) is 53.4 Å². The van der Waals surface area contributed by atoms with E-state index < -0.39 is 15.8 Å². The van der Waals surface area contributed by atoms with E-state index in [0.717, 1.165) is 37.3 Å². The first kappa shape index (κ1) is 23.0. The maximum Gasteiger partial charge on any atom is 0.243 e. The molecule has 2 fully saturated rings. The van der Waals surface area contributed by atoms with Gasteiger partial charge in [-0.15, -0.1) is 0 Å². The van der Waals surface area contributed by atoms with Crippen LogP contribution in [0.25, 0.3) is 0 Å². The van der Waals surface area contributed by atoms with Crippen molar-refractivity contribution in [2.45, 2.75) is 17.4 Å². The van der Waals surface area contributed by atoms with Gasteiger partial charge in [0.15, 0.2) is 0 Å². The van der Waals surface area contributed by atoms with E-state index in [9.17, 15) is 17.6 Å². The van der Waals surface area contributed by atoms with Gasteiger partial charge in [0.1, 0.15) is 5.82 Å². The molecule has 0 bridgehead atoms. The van der Waals surface area contributed by atoms with Gasteiger partial charge in [-0.2, -0.15) is 4.31 Å². The molecule has 0 aromatic heterocycles. The van der Waals surface area contributed by atoms with Gasteiger partial charge in [-0.1, -0.05) is 29.8 Å². The van der Waals surface area contributed by atoms with Gasteiger partial charge < -0.3 is 10.2 Å². The molecule has 172 valence electrons. The second-order valence-corrected chi connectivity index (χ2v) is 10.4. The highest BCUT2D eigenvalue weighted by Gasteiger charge is 2.32. The molecule has 0 saturated carbocycles. The fraction of sp³-hybridized carbons (Fsp3) is 0.409. The van der Waals surface area contributed by atoms with Gasteiger partial charge in [0.05, 0.1) is 16.5 Å². The van der Waals surface area contributed by atoms with Gasteiger partial charge >= 0.3 is 0 Å². The first-order valence-corrected chi connectivity index (χ1v) is 12.4. The first-order chi connectivity index (χ1) is 15.3. The number of amides is 1. The van der Waals surface area contributed by atoms with Crippen LogP contribution in [-0.4, -0.2) is 80.3 Å². The molecule has 1 N–H and O–H groups in total. The number of anilines is 1. The Morgan fingerprint density at radius 3 is 2.47 bits per heavy atom. The lowest BCUT2D eigenvalue weighted by molar-refractivity contribution is -0.133. The number of benzene rings is 2. The standard InChI is InChI=1S/C22H26ClFN4O3S/c23-20-14-19(6-7-21(20)24)32(30,31)28-12-10-27(11-13-28)22(29)16-26-9-8-18(15-26)25-17-4-2-1-3-5-17/h1-7,14,18,25H,8-13,15-16H2. The minimum atomic E-state index is -3.78. The molecule has 1 amide bonds. The number of para-hydroxylation sites is 1. The van der Waals surface area contributed by atoms with Crippen LogP contribution in [0.1, 0.15) is 6.42 Å². The molecule has 2 aliphatic heterocycles. The van der Waals surface area contributed by atoms with E-state index >= 15 is 0 Å². The lowest BCUT2D eigenvalue weighted by atomic mass is 10.2. The van der Waals surface area contributed by atoms with Crippen molar-refractivity contribution < 1.29 is 17.6 Å². The van der Waals surface area contributed by atoms with E-state index in [0.29, 0.717) is 25.7 Å². The molecule has 0 aliphatic carbocycles. The summed E-state index contributed by atoms with van der Waals surface area (Å²) in [5.74, 6) is -0.656. The molecule has 0 spiro atoms. The van der Waals surface area contributed by atoms with E-state index in [1.54, 1.807) is 4.90 Å². The van der Waals surface area contributed by atoms with Crippen molar-refractivity contribution in [3.63, 3.8) is 0 Å². The zero-order valence-corrected chi connectivity index (χ0v) is 19.2. The van der Waals surface area contributed by atoms with Crippen LogP contribution >= 0.6 is 11.6 Å². The molecule has 32 heavy (non-hydrogen) atoms. The number of hydrogen-bond donors (Lipinski definition) is 1. The van der Waals surface area contributed by atoms with Crippen molar-refractivity contribution in [2.75, 3.05) is 51.1 Å². The van der Waals surface area contributed by atoms with E-state index in [1.807, 2.05) is 30.3 Å². The normalized spacial score (nSPS) is 20.4. The predicted octanol–water partition coefficient (Wildman–Crippen LogP) is 2.50. The molecule has 2 aromatic rings. The molecular weight excluding hydrogens is 455 g/mol. The number of carbonyl (C=O) groups excluding carboxylic acids is 1. The average molecular weight is 481 g/mol. The lowest BCUT2D eigenvalue weighted by Gasteiger charge is -2.34. The SMILES string of the molecule is O=C(CN1CCC(Nc2ccccc2)C1)N1CCN(S(=O)(=O)c2ccc(F)c(Cl)c2)CC1. The topological polar surface area (TPSA) is 73.0 Å². The minimum absolute atomic E-state index is 0.00670. The number of likely N-dealkylation sites (tertiary alicyclic amines) is 1. The van der Waals surface area contributed by atoms with Crippen molar-refractivity contribution in [3.05, 3.63) is 59.4 Å². The summed E-state index contributed by atoms with van der Waals surface area (Å²) in [5.41, 5.74) is 1.07. The third kappa shape index (κ3) is 5.23. The number of hydrogen-bond acceptors (Lipinski definition) is 5. The molecule has 10 heteroatoms. The van der Waals surface area contributed by atoms with Gasteiger partial charge in [-0.25, -0.2) is 12.8 Å². The van der Waals surface area contributed by atoms with Gasteiger partial charge in [0.25, 0.3) is 0 Å². The fourth-order valence-corrected chi connectivity index (χ4v) is 5.81.